The van der Waals surface area contributed by atoms with Gasteiger partial charge in [-0.25, -0.2) is 4.98 Å². The van der Waals surface area contributed by atoms with Crippen molar-refractivity contribution >= 4 is 40.3 Å². The van der Waals surface area contributed by atoms with Gasteiger partial charge < -0.3 is 9.88 Å². The Morgan fingerprint density at radius 3 is 2.55 bits per heavy atom. The van der Waals surface area contributed by atoms with Crippen molar-refractivity contribution in [2.24, 2.45) is 5.92 Å². The molecule has 1 aromatic carbocycles. The summed E-state index contributed by atoms with van der Waals surface area (Å²) in [5.41, 5.74) is 2.79. The van der Waals surface area contributed by atoms with Gasteiger partial charge in [-0.1, -0.05) is 49.3 Å². The summed E-state index contributed by atoms with van der Waals surface area (Å²) in [6.45, 7) is 7.08. The van der Waals surface area contributed by atoms with E-state index in [0.717, 1.165) is 11.3 Å². The fourth-order valence-electron chi connectivity index (χ4n) is 3.24. The van der Waals surface area contributed by atoms with Gasteiger partial charge in [0.15, 0.2) is 5.16 Å². The SMILES string of the molecule is CSc1nc2cc(C)n(CC(=O)NCc3ccc(Cl)cc3)c2c(=O)n1CC(C)C. The molecule has 0 atom stereocenters. The van der Waals surface area contributed by atoms with Gasteiger partial charge in [0.1, 0.15) is 12.1 Å². The van der Waals surface area contributed by atoms with Gasteiger partial charge in [-0.05, 0) is 42.9 Å². The van der Waals surface area contributed by atoms with Crippen molar-refractivity contribution in [1.29, 1.82) is 0 Å². The highest BCUT2D eigenvalue weighted by molar-refractivity contribution is 7.98. The maximum atomic E-state index is 13.2. The first-order valence-electron chi connectivity index (χ1n) is 9.46. The number of hydrogen-bond donors (Lipinski definition) is 1. The van der Waals surface area contributed by atoms with E-state index in [1.165, 1.54) is 11.8 Å². The molecule has 2 aromatic heterocycles. The molecule has 8 heteroatoms. The van der Waals surface area contributed by atoms with Gasteiger partial charge in [0.25, 0.3) is 5.56 Å². The zero-order chi connectivity index (χ0) is 21.1. The molecule has 0 unspecified atom stereocenters. The predicted octanol–water partition coefficient (Wildman–Crippen LogP) is 3.85. The van der Waals surface area contributed by atoms with Gasteiger partial charge in [-0.2, -0.15) is 0 Å². The Balaban J connectivity index is 1.88. The lowest BCUT2D eigenvalue weighted by Crippen LogP contribution is -2.30. The summed E-state index contributed by atoms with van der Waals surface area (Å²) < 4.78 is 3.46. The zero-order valence-corrected chi connectivity index (χ0v) is 18.6. The Morgan fingerprint density at radius 1 is 1.24 bits per heavy atom. The lowest BCUT2D eigenvalue weighted by Gasteiger charge is -2.14. The number of benzene rings is 1. The summed E-state index contributed by atoms with van der Waals surface area (Å²) in [6.07, 6.45) is 1.92. The number of rotatable bonds is 7. The number of nitrogens with zero attached hydrogens (tertiary/aromatic N) is 3. The zero-order valence-electron chi connectivity index (χ0n) is 17.0. The van der Waals surface area contributed by atoms with Crippen LogP contribution in [-0.2, 0) is 24.4 Å². The second-order valence-electron chi connectivity index (χ2n) is 7.42. The van der Waals surface area contributed by atoms with Crippen LogP contribution in [0.3, 0.4) is 0 Å². The average Bonchev–Trinajstić information content (AvgIpc) is 2.98. The van der Waals surface area contributed by atoms with Crippen molar-refractivity contribution < 1.29 is 4.79 Å². The van der Waals surface area contributed by atoms with Gasteiger partial charge in [-0.3, -0.25) is 14.2 Å². The minimum absolute atomic E-state index is 0.0696. The Morgan fingerprint density at radius 2 is 1.93 bits per heavy atom. The monoisotopic (exact) mass is 432 g/mol. The Bertz CT molecular complexity index is 1090. The molecule has 2 heterocycles. The van der Waals surface area contributed by atoms with Crippen LogP contribution in [0.25, 0.3) is 11.0 Å². The molecule has 0 aliphatic heterocycles. The number of nitrogens with one attached hydrogen (secondary N) is 1. The third-order valence-corrected chi connectivity index (χ3v) is 5.54. The summed E-state index contributed by atoms with van der Waals surface area (Å²) in [5.74, 6) is 0.148. The maximum absolute atomic E-state index is 13.2. The molecule has 0 aliphatic rings. The molecule has 3 aromatic rings. The molecule has 0 saturated carbocycles. The van der Waals surface area contributed by atoms with Crippen molar-refractivity contribution in [1.82, 2.24) is 19.4 Å². The van der Waals surface area contributed by atoms with Gasteiger partial charge >= 0.3 is 0 Å². The van der Waals surface area contributed by atoms with Crippen LogP contribution in [0, 0.1) is 12.8 Å². The molecular formula is C21H25ClN4O2S. The number of amides is 1. The Kier molecular flexibility index (Phi) is 6.70. The quantitative estimate of drug-likeness (QED) is 0.454. The van der Waals surface area contributed by atoms with E-state index in [1.807, 2.05) is 31.4 Å². The van der Waals surface area contributed by atoms with E-state index < -0.39 is 0 Å². The number of thioether (sulfide) groups is 1. The number of carbonyl (C=O) groups is 1. The molecule has 1 amide bonds. The number of hydrogen-bond acceptors (Lipinski definition) is 4. The van der Waals surface area contributed by atoms with Crippen LogP contribution < -0.4 is 10.9 Å². The maximum Gasteiger partial charge on any atom is 0.278 e. The second-order valence-corrected chi connectivity index (χ2v) is 8.63. The molecule has 6 nitrogen and oxygen atoms in total. The van der Waals surface area contributed by atoms with Crippen LogP contribution in [-0.4, -0.2) is 26.3 Å². The normalized spacial score (nSPS) is 11.4. The highest BCUT2D eigenvalue weighted by Gasteiger charge is 2.18. The van der Waals surface area contributed by atoms with E-state index in [2.05, 4.69) is 24.1 Å². The molecule has 29 heavy (non-hydrogen) atoms. The van der Waals surface area contributed by atoms with E-state index in [4.69, 9.17) is 11.6 Å². The summed E-state index contributed by atoms with van der Waals surface area (Å²) in [5, 5.41) is 4.25. The minimum atomic E-state index is -0.163. The molecule has 0 saturated heterocycles. The van der Waals surface area contributed by atoms with Crippen LogP contribution in [0.15, 0.2) is 40.3 Å². The van der Waals surface area contributed by atoms with Crippen molar-refractivity contribution in [3.05, 3.63) is 57.0 Å². The van der Waals surface area contributed by atoms with Crippen molar-refractivity contribution in [2.75, 3.05) is 6.26 Å². The van der Waals surface area contributed by atoms with Crippen LogP contribution >= 0.6 is 23.4 Å². The molecule has 0 aliphatic carbocycles. The van der Waals surface area contributed by atoms with E-state index in [-0.39, 0.29) is 18.0 Å². The van der Waals surface area contributed by atoms with Crippen LogP contribution in [0.2, 0.25) is 5.02 Å². The first kappa shape index (κ1) is 21.5. The summed E-state index contributed by atoms with van der Waals surface area (Å²) in [6, 6.07) is 9.19. The fraction of sp³-hybridized carbons (Fsp3) is 0.381. The molecule has 0 spiro atoms. The molecule has 0 fully saturated rings. The summed E-state index contributed by atoms with van der Waals surface area (Å²) in [4.78, 5) is 30.4. The van der Waals surface area contributed by atoms with Crippen molar-refractivity contribution in [3.63, 3.8) is 0 Å². The highest BCUT2D eigenvalue weighted by Crippen LogP contribution is 2.20. The van der Waals surface area contributed by atoms with E-state index >= 15 is 0 Å². The number of fused-ring (bicyclic) bond motifs is 1. The predicted molar refractivity (Wildman–Crippen MR) is 119 cm³/mol. The first-order valence-corrected chi connectivity index (χ1v) is 11.1. The number of carbonyl (C=O) groups excluding carboxylic acids is 1. The lowest BCUT2D eigenvalue weighted by molar-refractivity contribution is -0.121. The standard InChI is InChI=1S/C21H25ClN4O2S/c1-13(2)11-26-20(28)19-17(24-21(26)29-4)9-14(3)25(19)12-18(27)23-10-15-5-7-16(22)8-6-15/h5-9,13H,10-12H2,1-4H3,(H,23,27). The third-order valence-electron chi connectivity index (χ3n) is 4.61. The smallest absolute Gasteiger partial charge is 0.278 e. The van der Waals surface area contributed by atoms with E-state index in [9.17, 15) is 9.59 Å². The number of aryl methyl sites for hydroxylation is 1. The topological polar surface area (TPSA) is 68.9 Å². The molecular weight excluding hydrogens is 408 g/mol. The number of aromatic nitrogens is 3. The molecule has 0 radical (unpaired) electrons. The molecule has 154 valence electrons. The van der Waals surface area contributed by atoms with Gasteiger partial charge in [0.2, 0.25) is 5.91 Å². The van der Waals surface area contributed by atoms with E-state index in [0.29, 0.717) is 40.2 Å². The summed E-state index contributed by atoms with van der Waals surface area (Å²) >= 11 is 7.35. The largest absolute Gasteiger partial charge is 0.350 e. The molecule has 1 N–H and O–H groups in total. The minimum Gasteiger partial charge on any atom is -0.350 e. The fourth-order valence-corrected chi connectivity index (χ4v) is 3.93. The van der Waals surface area contributed by atoms with Crippen LogP contribution in [0.1, 0.15) is 25.1 Å². The second kappa shape index (κ2) is 9.05. The van der Waals surface area contributed by atoms with Crippen molar-refractivity contribution in [2.45, 2.75) is 45.6 Å². The average molecular weight is 433 g/mol. The highest BCUT2D eigenvalue weighted by atomic mass is 35.5. The first-order chi connectivity index (χ1) is 13.8. The molecule has 3 rings (SSSR count). The summed E-state index contributed by atoms with van der Waals surface area (Å²) in [7, 11) is 0. The molecule has 0 bridgehead atoms. The third kappa shape index (κ3) is 4.85. The van der Waals surface area contributed by atoms with Gasteiger partial charge in [0, 0.05) is 23.8 Å². The number of halogens is 1. The lowest BCUT2D eigenvalue weighted by atomic mass is 10.2. The van der Waals surface area contributed by atoms with Gasteiger partial charge in [-0.15, -0.1) is 0 Å². The van der Waals surface area contributed by atoms with Crippen LogP contribution in [0.5, 0.6) is 0 Å². The van der Waals surface area contributed by atoms with Crippen molar-refractivity contribution in [3.8, 4) is 0 Å². The Hall–Kier alpha value is -2.25. The van der Waals surface area contributed by atoms with Crippen LogP contribution in [0.4, 0.5) is 0 Å². The Labute approximate surface area is 179 Å². The van der Waals surface area contributed by atoms with Gasteiger partial charge in [0.05, 0.1) is 5.52 Å². The van der Waals surface area contributed by atoms with E-state index in [1.54, 1.807) is 21.3 Å².